The lowest BCUT2D eigenvalue weighted by Gasteiger charge is -2.18. The number of halogens is 1. The van der Waals surface area contributed by atoms with E-state index >= 15 is 0 Å². The third-order valence-electron chi connectivity index (χ3n) is 3.12. The number of carboxylic acid groups (broad SMARTS) is 1. The molecule has 0 radical (unpaired) electrons. The van der Waals surface area contributed by atoms with Crippen LogP contribution in [-0.2, 0) is 14.8 Å². The number of carboxylic acids is 1. The first-order chi connectivity index (χ1) is 9.73. The van der Waals surface area contributed by atoms with Gasteiger partial charge in [0.05, 0.1) is 6.54 Å². The molecule has 8 nitrogen and oxygen atoms in total. The van der Waals surface area contributed by atoms with Gasteiger partial charge in [-0.15, -0.1) is 0 Å². The van der Waals surface area contributed by atoms with Gasteiger partial charge >= 0.3 is 5.97 Å². The van der Waals surface area contributed by atoms with Crippen molar-refractivity contribution in [1.29, 1.82) is 0 Å². The Morgan fingerprint density at radius 3 is 2.67 bits per heavy atom. The summed E-state index contributed by atoms with van der Waals surface area (Å²) < 4.78 is 30.7. The molecule has 1 N–H and O–H groups in total. The molecule has 116 valence electrons. The van der Waals surface area contributed by atoms with Gasteiger partial charge in [0.25, 0.3) is 0 Å². The maximum Gasteiger partial charge on any atom is 0.371 e. The Morgan fingerprint density at radius 1 is 1.43 bits per heavy atom. The monoisotopic (exact) mass is 380 g/mol. The molecule has 0 spiro atoms. The van der Waals surface area contributed by atoms with E-state index in [0.717, 1.165) is 10.4 Å². The van der Waals surface area contributed by atoms with E-state index in [4.69, 9.17) is 9.52 Å². The topological polar surface area (TPSA) is 108 Å². The van der Waals surface area contributed by atoms with Gasteiger partial charge in [-0.25, -0.2) is 13.2 Å². The quantitative estimate of drug-likeness (QED) is 0.821. The first-order valence-electron chi connectivity index (χ1n) is 6.00. The van der Waals surface area contributed by atoms with E-state index in [1.165, 1.54) is 4.90 Å². The number of amides is 1. The van der Waals surface area contributed by atoms with Crippen LogP contribution in [0.2, 0.25) is 0 Å². The van der Waals surface area contributed by atoms with E-state index in [9.17, 15) is 18.0 Å². The van der Waals surface area contributed by atoms with Crippen LogP contribution in [0.5, 0.6) is 0 Å². The Hall–Kier alpha value is -1.39. The number of aromatic carboxylic acids is 1. The second-order valence-electron chi connectivity index (χ2n) is 4.56. The average molecular weight is 381 g/mol. The molecule has 0 atom stereocenters. The fraction of sp³-hybridized carbons (Fsp3) is 0.455. The summed E-state index contributed by atoms with van der Waals surface area (Å²) in [5.74, 6) is -2.17. The lowest BCUT2D eigenvalue weighted by molar-refractivity contribution is -0.129. The molecular formula is C11H13BrN2O6S. The Morgan fingerprint density at radius 2 is 2.10 bits per heavy atom. The van der Waals surface area contributed by atoms with Crippen LogP contribution in [0.25, 0.3) is 0 Å². The molecule has 0 unspecified atom stereocenters. The van der Waals surface area contributed by atoms with Gasteiger partial charge in [-0.2, -0.15) is 4.31 Å². The number of rotatable bonds is 3. The van der Waals surface area contributed by atoms with E-state index in [1.807, 2.05) is 0 Å². The smallest absolute Gasteiger partial charge is 0.371 e. The number of furan rings is 1. The molecular weight excluding hydrogens is 368 g/mol. The van der Waals surface area contributed by atoms with Gasteiger partial charge in [0.2, 0.25) is 21.7 Å². The van der Waals surface area contributed by atoms with Crippen LogP contribution in [0, 0.1) is 0 Å². The number of sulfonamides is 1. The largest absolute Gasteiger partial charge is 0.475 e. The Bertz CT molecular complexity index is 683. The highest BCUT2D eigenvalue weighted by Crippen LogP contribution is 2.29. The highest BCUT2D eigenvalue weighted by Gasteiger charge is 2.33. The highest BCUT2D eigenvalue weighted by molar-refractivity contribution is 9.10. The number of hydrogen-bond donors (Lipinski definition) is 1. The molecule has 21 heavy (non-hydrogen) atoms. The van der Waals surface area contributed by atoms with Crippen molar-refractivity contribution in [1.82, 2.24) is 9.21 Å². The molecule has 1 saturated heterocycles. The van der Waals surface area contributed by atoms with Gasteiger partial charge in [0.1, 0.15) is 4.90 Å². The second-order valence-corrected chi connectivity index (χ2v) is 7.19. The maximum atomic E-state index is 12.5. The zero-order valence-electron chi connectivity index (χ0n) is 11.1. The minimum absolute atomic E-state index is 0.179. The number of carbonyl (C=O) groups is 2. The standard InChI is InChI=1S/C11H13BrN2O6S/c1-13-3-2-4-14(6-9(13)15)21(18,19)8-5-7(11(16)17)20-10(8)12/h5H,2-4,6H2,1H3,(H,16,17). The normalized spacial score (nSPS) is 17.8. The van der Waals surface area contributed by atoms with Crippen LogP contribution in [0.1, 0.15) is 17.0 Å². The Labute approximate surface area is 129 Å². The lowest BCUT2D eigenvalue weighted by Crippen LogP contribution is -2.38. The first kappa shape index (κ1) is 16.0. The fourth-order valence-corrected chi connectivity index (χ4v) is 4.27. The van der Waals surface area contributed by atoms with Gasteiger partial charge in [-0.1, -0.05) is 0 Å². The van der Waals surface area contributed by atoms with Crippen molar-refractivity contribution < 1.29 is 27.5 Å². The molecule has 1 aliphatic heterocycles. The van der Waals surface area contributed by atoms with Crippen molar-refractivity contribution in [3.8, 4) is 0 Å². The highest BCUT2D eigenvalue weighted by atomic mass is 79.9. The molecule has 0 bridgehead atoms. The molecule has 2 heterocycles. The van der Waals surface area contributed by atoms with Crippen LogP contribution in [0.3, 0.4) is 0 Å². The Kier molecular flexibility index (Phi) is 4.40. The van der Waals surface area contributed by atoms with E-state index in [2.05, 4.69) is 15.9 Å². The number of likely N-dealkylation sites (N-methyl/N-ethyl adjacent to an activating group) is 1. The first-order valence-corrected chi connectivity index (χ1v) is 8.23. The SMILES string of the molecule is CN1CCCN(S(=O)(=O)c2cc(C(=O)O)oc2Br)CC1=O. The summed E-state index contributed by atoms with van der Waals surface area (Å²) in [5, 5.41) is 8.84. The van der Waals surface area contributed by atoms with E-state index < -0.39 is 21.8 Å². The fourth-order valence-electron chi connectivity index (χ4n) is 1.94. The number of hydrogen-bond acceptors (Lipinski definition) is 5. The molecule has 0 aromatic carbocycles. The molecule has 1 amide bonds. The third kappa shape index (κ3) is 3.11. The van der Waals surface area contributed by atoms with E-state index in [0.29, 0.717) is 13.0 Å². The van der Waals surface area contributed by atoms with Crippen LogP contribution >= 0.6 is 15.9 Å². The van der Waals surface area contributed by atoms with Gasteiger partial charge in [0.15, 0.2) is 4.67 Å². The second kappa shape index (κ2) is 5.78. The zero-order valence-corrected chi connectivity index (χ0v) is 13.5. The minimum Gasteiger partial charge on any atom is -0.475 e. The molecule has 2 rings (SSSR count). The van der Waals surface area contributed by atoms with Crippen molar-refractivity contribution in [3.05, 3.63) is 16.5 Å². The maximum absolute atomic E-state index is 12.5. The summed E-state index contributed by atoms with van der Waals surface area (Å²) in [6.07, 6.45) is 0.503. The minimum atomic E-state index is -4.00. The van der Waals surface area contributed by atoms with Crippen LogP contribution in [0.15, 0.2) is 20.0 Å². The van der Waals surface area contributed by atoms with Crippen molar-refractivity contribution >= 4 is 37.8 Å². The van der Waals surface area contributed by atoms with Crippen LogP contribution < -0.4 is 0 Å². The summed E-state index contributed by atoms with van der Waals surface area (Å²) >= 11 is 2.90. The average Bonchev–Trinajstić information content (AvgIpc) is 2.71. The Balaban J connectivity index is 2.37. The summed E-state index contributed by atoms with van der Waals surface area (Å²) in [6, 6.07) is 0.931. The van der Waals surface area contributed by atoms with Crippen molar-refractivity contribution in [2.45, 2.75) is 11.3 Å². The molecule has 0 saturated carbocycles. The van der Waals surface area contributed by atoms with E-state index in [1.54, 1.807) is 7.05 Å². The molecule has 1 fully saturated rings. The predicted molar refractivity (Wildman–Crippen MR) is 74.4 cm³/mol. The summed E-state index contributed by atoms with van der Waals surface area (Å²) in [5.41, 5.74) is 0. The van der Waals surface area contributed by atoms with Gasteiger partial charge in [0, 0.05) is 26.2 Å². The molecule has 0 aliphatic carbocycles. The van der Waals surface area contributed by atoms with Crippen molar-refractivity contribution in [2.75, 3.05) is 26.7 Å². The number of nitrogens with zero attached hydrogens (tertiary/aromatic N) is 2. The van der Waals surface area contributed by atoms with Crippen molar-refractivity contribution in [3.63, 3.8) is 0 Å². The van der Waals surface area contributed by atoms with E-state index in [-0.39, 0.29) is 28.6 Å². The molecule has 1 aromatic rings. The predicted octanol–water partition coefficient (Wildman–Crippen LogP) is 0.593. The summed E-state index contributed by atoms with van der Waals surface area (Å²) in [6.45, 7) is 0.370. The lowest BCUT2D eigenvalue weighted by atomic mass is 10.4. The van der Waals surface area contributed by atoms with Crippen molar-refractivity contribution in [2.24, 2.45) is 0 Å². The van der Waals surface area contributed by atoms with Gasteiger partial charge < -0.3 is 14.4 Å². The van der Waals surface area contributed by atoms with Crippen LogP contribution in [0.4, 0.5) is 0 Å². The molecule has 1 aliphatic rings. The van der Waals surface area contributed by atoms with Gasteiger partial charge in [-0.05, 0) is 22.4 Å². The zero-order chi connectivity index (χ0) is 15.8. The summed E-state index contributed by atoms with van der Waals surface area (Å²) in [4.78, 5) is 23.8. The summed E-state index contributed by atoms with van der Waals surface area (Å²) in [7, 11) is -2.40. The number of carbonyl (C=O) groups excluding carboxylic acids is 1. The molecule has 1 aromatic heterocycles. The molecule has 10 heteroatoms. The van der Waals surface area contributed by atoms with Crippen LogP contribution in [-0.4, -0.2) is 61.3 Å². The van der Waals surface area contributed by atoms with Gasteiger partial charge in [-0.3, -0.25) is 4.79 Å². The third-order valence-corrected chi connectivity index (χ3v) is 5.82.